The molecule has 0 spiro atoms. The van der Waals surface area contributed by atoms with Crippen LogP contribution in [0.1, 0.15) is 20.8 Å². The molecule has 0 bridgehead atoms. The summed E-state index contributed by atoms with van der Waals surface area (Å²) in [5.74, 6) is -4.08. The quantitative estimate of drug-likeness (QED) is 0.791. The fourth-order valence-corrected chi connectivity index (χ4v) is 1.35. The molecule has 0 aromatic carbocycles. The van der Waals surface area contributed by atoms with Gasteiger partial charge in [0.25, 0.3) is 5.92 Å². The summed E-state index contributed by atoms with van der Waals surface area (Å²) >= 11 is 0. The molecular weight excluding hydrogens is 220 g/mol. The number of carbonyl (C=O) groups excluding carboxylic acids is 1. The van der Waals surface area contributed by atoms with Crippen molar-refractivity contribution in [2.75, 3.05) is 19.7 Å². The minimum atomic E-state index is -3.11. The highest BCUT2D eigenvalue weighted by Gasteiger charge is 2.48. The van der Waals surface area contributed by atoms with E-state index in [1.807, 2.05) is 0 Å². The first-order valence-corrected chi connectivity index (χ1v) is 5.12. The van der Waals surface area contributed by atoms with Gasteiger partial charge in [0.2, 0.25) is 0 Å². The zero-order chi connectivity index (χ0) is 12.6. The predicted molar refractivity (Wildman–Crippen MR) is 53.3 cm³/mol. The third kappa shape index (κ3) is 3.04. The van der Waals surface area contributed by atoms with Gasteiger partial charge in [0, 0.05) is 13.1 Å². The SMILES string of the molecule is CC(C)(C)OC(=O)N1CC(C(F)(F)CO)C1. The van der Waals surface area contributed by atoms with E-state index in [1.54, 1.807) is 20.8 Å². The molecule has 94 valence electrons. The van der Waals surface area contributed by atoms with Gasteiger partial charge in [-0.25, -0.2) is 13.6 Å². The second kappa shape index (κ2) is 4.16. The average molecular weight is 237 g/mol. The maximum Gasteiger partial charge on any atom is 0.410 e. The fraction of sp³-hybridized carbons (Fsp3) is 0.900. The first kappa shape index (κ1) is 13.2. The topological polar surface area (TPSA) is 49.8 Å². The smallest absolute Gasteiger partial charge is 0.410 e. The van der Waals surface area contributed by atoms with Crippen LogP contribution in [0.15, 0.2) is 0 Å². The maximum absolute atomic E-state index is 12.9. The first-order chi connectivity index (χ1) is 7.15. The fourth-order valence-electron chi connectivity index (χ4n) is 1.35. The van der Waals surface area contributed by atoms with Gasteiger partial charge < -0.3 is 14.7 Å². The molecule has 1 saturated heterocycles. The Bertz CT molecular complexity index is 270. The summed E-state index contributed by atoms with van der Waals surface area (Å²) in [6.45, 7) is 3.82. The van der Waals surface area contributed by atoms with Gasteiger partial charge >= 0.3 is 6.09 Å². The molecule has 0 unspecified atom stereocenters. The highest BCUT2D eigenvalue weighted by molar-refractivity contribution is 5.69. The molecule has 0 saturated carbocycles. The lowest BCUT2D eigenvalue weighted by Crippen LogP contribution is -2.58. The molecule has 1 aliphatic heterocycles. The maximum atomic E-state index is 12.9. The van der Waals surface area contributed by atoms with Crippen molar-refractivity contribution in [1.82, 2.24) is 4.90 Å². The van der Waals surface area contributed by atoms with E-state index in [4.69, 9.17) is 9.84 Å². The monoisotopic (exact) mass is 237 g/mol. The number of aliphatic hydroxyl groups excluding tert-OH is 1. The summed E-state index contributed by atoms with van der Waals surface area (Å²) in [5, 5.41) is 8.46. The molecule has 0 radical (unpaired) electrons. The van der Waals surface area contributed by atoms with Crippen LogP contribution >= 0.6 is 0 Å². The molecule has 1 heterocycles. The number of aliphatic hydroxyl groups is 1. The lowest BCUT2D eigenvalue weighted by molar-refractivity contribution is -0.140. The van der Waals surface area contributed by atoms with Crippen LogP contribution in [-0.2, 0) is 4.74 Å². The van der Waals surface area contributed by atoms with E-state index >= 15 is 0 Å². The van der Waals surface area contributed by atoms with Crippen molar-refractivity contribution >= 4 is 6.09 Å². The Morgan fingerprint density at radius 2 is 1.94 bits per heavy atom. The van der Waals surface area contributed by atoms with Crippen molar-refractivity contribution in [3.05, 3.63) is 0 Å². The first-order valence-electron chi connectivity index (χ1n) is 5.12. The van der Waals surface area contributed by atoms with Gasteiger partial charge in [0.05, 0.1) is 5.92 Å². The van der Waals surface area contributed by atoms with Gasteiger partial charge in [-0.1, -0.05) is 0 Å². The number of likely N-dealkylation sites (tertiary alicyclic amines) is 1. The van der Waals surface area contributed by atoms with Crippen LogP contribution in [0.5, 0.6) is 0 Å². The minimum Gasteiger partial charge on any atom is -0.444 e. The van der Waals surface area contributed by atoms with E-state index in [-0.39, 0.29) is 13.1 Å². The number of nitrogens with zero attached hydrogens (tertiary/aromatic N) is 1. The molecule has 1 rings (SSSR count). The molecule has 0 atom stereocenters. The third-order valence-corrected chi connectivity index (χ3v) is 2.34. The Kier molecular flexibility index (Phi) is 3.42. The van der Waals surface area contributed by atoms with Crippen LogP contribution in [0, 0.1) is 5.92 Å². The number of ether oxygens (including phenoxy) is 1. The van der Waals surface area contributed by atoms with Crippen LogP contribution in [0.2, 0.25) is 0 Å². The summed E-state index contributed by atoms with van der Waals surface area (Å²) in [6, 6.07) is 0. The summed E-state index contributed by atoms with van der Waals surface area (Å²) < 4.78 is 30.9. The van der Waals surface area contributed by atoms with Crippen molar-refractivity contribution in [1.29, 1.82) is 0 Å². The molecule has 0 aromatic rings. The van der Waals surface area contributed by atoms with Crippen molar-refractivity contribution in [2.45, 2.75) is 32.3 Å². The summed E-state index contributed by atoms with van der Waals surface area (Å²) in [6.07, 6.45) is -0.586. The van der Waals surface area contributed by atoms with E-state index < -0.39 is 30.1 Å². The van der Waals surface area contributed by atoms with E-state index in [2.05, 4.69) is 0 Å². The Hall–Kier alpha value is -0.910. The summed E-state index contributed by atoms with van der Waals surface area (Å²) in [5.41, 5.74) is -0.623. The highest BCUT2D eigenvalue weighted by atomic mass is 19.3. The second-order valence-electron chi connectivity index (χ2n) is 5.00. The molecule has 1 fully saturated rings. The van der Waals surface area contributed by atoms with E-state index in [9.17, 15) is 13.6 Å². The molecule has 1 N–H and O–H groups in total. The summed E-state index contributed by atoms with van der Waals surface area (Å²) in [7, 11) is 0. The molecule has 0 aromatic heterocycles. The molecule has 1 aliphatic rings. The second-order valence-corrected chi connectivity index (χ2v) is 5.00. The van der Waals surface area contributed by atoms with Crippen molar-refractivity contribution in [2.24, 2.45) is 5.92 Å². The molecule has 6 heteroatoms. The van der Waals surface area contributed by atoms with Gasteiger partial charge in [0.15, 0.2) is 0 Å². The number of hydrogen-bond donors (Lipinski definition) is 1. The predicted octanol–water partition coefficient (Wildman–Crippen LogP) is 1.48. The number of halogens is 2. The number of rotatable bonds is 2. The van der Waals surface area contributed by atoms with Crippen LogP contribution in [0.3, 0.4) is 0 Å². The average Bonchev–Trinajstić information content (AvgIpc) is 1.96. The van der Waals surface area contributed by atoms with Crippen LogP contribution in [-0.4, -0.2) is 47.3 Å². The van der Waals surface area contributed by atoms with Gasteiger partial charge in [-0.2, -0.15) is 0 Å². The number of alkyl halides is 2. The Labute approximate surface area is 93.2 Å². The van der Waals surface area contributed by atoms with E-state index in [0.29, 0.717) is 0 Å². The van der Waals surface area contributed by atoms with E-state index in [1.165, 1.54) is 4.90 Å². The molecule has 1 amide bonds. The number of amides is 1. The number of carbonyl (C=O) groups is 1. The lowest BCUT2D eigenvalue weighted by atomic mass is 9.94. The van der Waals surface area contributed by atoms with Gasteiger partial charge in [0.1, 0.15) is 12.2 Å². The molecular formula is C10H17F2NO3. The van der Waals surface area contributed by atoms with Gasteiger partial charge in [-0.3, -0.25) is 0 Å². The Balaban J connectivity index is 2.39. The largest absolute Gasteiger partial charge is 0.444 e. The van der Waals surface area contributed by atoms with Crippen LogP contribution in [0.25, 0.3) is 0 Å². The minimum absolute atomic E-state index is 0.0670. The van der Waals surface area contributed by atoms with Gasteiger partial charge in [-0.05, 0) is 20.8 Å². The van der Waals surface area contributed by atoms with Gasteiger partial charge in [-0.15, -0.1) is 0 Å². The third-order valence-electron chi connectivity index (χ3n) is 2.34. The zero-order valence-corrected chi connectivity index (χ0v) is 9.67. The Morgan fingerprint density at radius 3 is 2.31 bits per heavy atom. The molecule has 0 aliphatic carbocycles. The normalized spacial score (nSPS) is 18.2. The lowest BCUT2D eigenvalue weighted by Gasteiger charge is -2.42. The molecule has 16 heavy (non-hydrogen) atoms. The van der Waals surface area contributed by atoms with Crippen LogP contribution in [0.4, 0.5) is 13.6 Å². The standard InChI is InChI=1S/C10H17F2NO3/c1-9(2,3)16-8(15)13-4-7(5-13)10(11,12)6-14/h7,14H,4-6H2,1-3H3. The summed E-state index contributed by atoms with van der Waals surface area (Å²) in [4.78, 5) is 12.6. The highest BCUT2D eigenvalue weighted by Crippen LogP contribution is 2.32. The number of hydrogen-bond acceptors (Lipinski definition) is 3. The zero-order valence-electron chi connectivity index (χ0n) is 9.67. The Morgan fingerprint density at radius 1 is 1.44 bits per heavy atom. The van der Waals surface area contributed by atoms with Crippen LogP contribution < -0.4 is 0 Å². The van der Waals surface area contributed by atoms with Crippen molar-refractivity contribution in [3.8, 4) is 0 Å². The van der Waals surface area contributed by atoms with Crippen molar-refractivity contribution in [3.63, 3.8) is 0 Å². The van der Waals surface area contributed by atoms with E-state index in [0.717, 1.165) is 0 Å². The molecule has 4 nitrogen and oxygen atoms in total. The van der Waals surface area contributed by atoms with Crippen molar-refractivity contribution < 1.29 is 23.4 Å².